The van der Waals surface area contributed by atoms with E-state index in [1.807, 2.05) is 0 Å². The fourth-order valence-electron chi connectivity index (χ4n) is 2.43. The second kappa shape index (κ2) is 6.45. The van der Waals surface area contributed by atoms with Crippen LogP contribution in [0.5, 0.6) is 0 Å². The maximum Gasteiger partial charge on any atom is 0.348 e. The Morgan fingerprint density at radius 2 is 2.05 bits per heavy atom. The van der Waals surface area contributed by atoms with Crippen molar-refractivity contribution in [1.82, 2.24) is 0 Å². The number of hydrogen-bond donors (Lipinski definition) is 0. The smallest absolute Gasteiger partial charge is 0.348 e. The third-order valence-electron chi connectivity index (χ3n) is 3.51. The van der Waals surface area contributed by atoms with Crippen LogP contribution in [-0.2, 0) is 13.8 Å². The van der Waals surface area contributed by atoms with Crippen molar-refractivity contribution >= 4 is 37.0 Å². The average molecular weight is 337 g/mol. The van der Waals surface area contributed by atoms with Gasteiger partial charge in [-0.05, 0) is 31.7 Å². The van der Waals surface area contributed by atoms with Crippen LogP contribution in [0.3, 0.4) is 0 Å². The molecule has 7 heteroatoms. The number of carbonyl (C=O) groups excluding carboxylic acids is 1. The molecule has 20 heavy (non-hydrogen) atoms. The number of aryl methyl sites for hydroxylation is 1. The van der Waals surface area contributed by atoms with Gasteiger partial charge >= 0.3 is 5.97 Å². The van der Waals surface area contributed by atoms with Gasteiger partial charge in [0.25, 0.3) is 9.05 Å². The molecular weight excluding hydrogens is 320 g/mol. The molecule has 0 radical (unpaired) electrons. The standard InChI is InChI=1S/C13H17ClO4S2/c1-9-12(20(14,16)17)7-11(19-9)13(15)18-8-10-5-3-2-4-6-10/h7,10H,2-6,8H2,1H3. The first-order valence-corrected chi connectivity index (χ1v) is 9.72. The Kier molecular flexibility index (Phi) is 5.09. The van der Waals surface area contributed by atoms with Crippen LogP contribution in [0.15, 0.2) is 11.0 Å². The highest BCUT2D eigenvalue weighted by atomic mass is 35.7. The fraction of sp³-hybridized carbons (Fsp3) is 0.615. The molecule has 1 aliphatic rings. The molecule has 1 aromatic heterocycles. The maximum atomic E-state index is 11.9. The summed E-state index contributed by atoms with van der Waals surface area (Å²) < 4.78 is 27.9. The van der Waals surface area contributed by atoms with E-state index in [1.54, 1.807) is 6.92 Å². The largest absolute Gasteiger partial charge is 0.461 e. The molecule has 0 bridgehead atoms. The topological polar surface area (TPSA) is 60.4 Å². The van der Waals surface area contributed by atoms with Crippen LogP contribution in [-0.4, -0.2) is 21.0 Å². The van der Waals surface area contributed by atoms with Crippen LogP contribution < -0.4 is 0 Å². The molecule has 0 unspecified atom stereocenters. The molecule has 1 aliphatic carbocycles. The first-order chi connectivity index (χ1) is 9.38. The van der Waals surface area contributed by atoms with Crippen molar-refractivity contribution in [3.8, 4) is 0 Å². The van der Waals surface area contributed by atoms with Crippen LogP contribution in [0.2, 0.25) is 0 Å². The number of thiophene rings is 1. The lowest BCUT2D eigenvalue weighted by molar-refractivity contribution is 0.0416. The van der Waals surface area contributed by atoms with E-state index >= 15 is 0 Å². The molecule has 0 atom stereocenters. The van der Waals surface area contributed by atoms with Crippen molar-refractivity contribution in [1.29, 1.82) is 0 Å². The van der Waals surface area contributed by atoms with E-state index in [4.69, 9.17) is 15.4 Å². The summed E-state index contributed by atoms with van der Waals surface area (Å²) in [5.41, 5.74) is 0. The number of ether oxygens (including phenoxy) is 1. The SMILES string of the molecule is Cc1sc(C(=O)OCC2CCCCC2)cc1S(=O)(=O)Cl. The van der Waals surface area contributed by atoms with Crippen molar-refractivity contribution < 1.29 is 17.9 Å². The molecule has 0 saturated heterocycles. The maximum absolute atomic E-state index is 11.9. The summed E-state index contributed by atoms with van der Waals surface area (Å²) in [6.45, 7) is 2.04. The number of esters is 1. The van der Waals surface area contributed by atoms with E-state index in [-0.39, 0.29) is 9.77 Å². The normalized spacial score (nSPS) is 17.1. The summed E-state index contributed by atoms with van der Waals surface area (Å²) in [5.74, 6) is -0.0276. The highest BCUT2D eigenvalue weighted by Crippen LogP contribution is 2.29. The van der Waals surface area contributed by atoms with Gasteiger partial charge in [-0.25, -0.2) is 13.2 Å². The van der Waals surface area contributed by atoms with E-state index in [2.05, 4.69) is 0 Å². The van der Waals surface area contributed by atoms with Crippen molar-refractivity contribution in [3.63, 3.8) is 0 Å². The number of rotatable bonds is 4. The quantitative estimate of drug-likeness (QED) is 0.621. The lowest BCUT2D eigenvalue weighted by Crippen LogP contribution is -2.16. The van der Waals surface area contributed by atoms with Gasteiger partial charge in [0.2, 0.25) is 0 Å². The van der Waals surface area contributed by atoms with Crippen molar-refractivity contribution in [2.45, 2.75) is 43.9 Å². The zero-order valence-corrected chi connectivity index (χ0v) is 13.6. The second-order valence-electron chi connectivity index (χ2n) is 5.07. The monoisotopic (exact) mass is 336 g/mol. The lowest BCUT2D eigenvalue weighted by atomic mass is 9.90. The van der Waals surface area contributed by atoms with Crippen LogP contribution >= 0.6 is 22.0 Å². The van der Waals surface area contributed by atoms with E-state index in [9.17, 15) is 13.2 Å². The molecule has 1 heterocycles. The molecule has 0 spiro atoms. The van der Waals surface area contributed by atoms with Crippen LogP contribution in [0.4, 0.5) is 0 Å². The minimum Gasteiger partial charge on any atom is -0.461 e. The van der Waals surface area contributed by atoms with Gasteiger partial charge in [0.15, 0.2) is 0 Å². The Morgan fingerprint density at radius 1 is 1.40 bits per heavy atom. The molecule has 0 N–H and O–H groups in total. The van der Waals surface area contributed by atoms with E-state index in [1.165, 1.54) is 25.3 Å². The van der Waals surface area contributed by atoms with Crippen LogP contribution in [0.25, 0.3) is 0 Å². The van der Waals surface area contributed by atoms with Gasteiger partial charge in [0, 0.05) is 15.6 Å². The summed E-state index contributed by atoms with van der Waals surface area (Å²) >= 11 is 1.10. The van der Waals surface area contributed by atoms with E-state index in [0.29, 0.717) is 17.4 Å². The Hall–Kier alpha value is -0.590. The molecule has 1 aromatic rings. The number of carbonyl (C=O) groups is 1. The summed E-state index contributed by atoms with van der Waals surface area (Å²) in [4.78, 5) is 12.7. The highest BCUT2D eigenvalue weighted by molar-refractivity contribution is 8.13. The Morgan fingerprint density at radius 3 is 2.60 bits per heavy atom. The molecule has 1 fully saturated rings. The van der Waals surface area contributed by atoms with Crippen LogP contribution in [0.1, 0.15) is 46.7 Å². The minimum atomic E-state index is -3.81. The third kappa shape index (κ3) is 3.96. The highest BCUT2D eigenvalue weighted by Gasteiger charge is 2.22. The minimum absolute atomic E-state index is 0.00576. The summed E-state index contributed by atoms with van der Waals surface area (Å²) in [6.07, 6.45) is 5.82. The second-order valence-corrected chi connectivity index (χ2v) is 8.86. The molecule has 2 rings (SSSR count). The van der Waals surface area contributed by atoms with E-state index in [0.717, 1.165) is 24.2 Å². The molecule has 4 nitrogen and oxygen atoms in total. The van der Waals surface area contributed by atoms with Gasteiger partial charge in [-0.15, -0.1) is 11.3 Å². The van der Waals surface area contributed by atoms with Gasteiger partial charge < -0.3 is 4.74 Å². The molecule has 1 saturated carbocycles. The molecule has 0 amide bonds. The predicted octanol–water partition coefficient (Wildman–Crippen LogP) is 3.72. The molecular formula is C13H17ClO4S2. The number of halogens is 1. The van der Waals surface area contributed by atoms with Crippen molar-refractivity contribution in [3.05, 3.63) is 15.8 Å². The zero-order chi connectivity index (χ0) is 14.8. The first kappa shape index (κ1) is 15.8. The predicted molar refractivity (Wildman–Crippen MR) is 79.0 cm³/mol. The van der Waals surface area contributed by atoms with Gasteiger partial charge in [0.05, 0.1) is 11.5 Å². The zero-order valence-electron chi connectivity index (χ0n) is 11.2. The summed E-state index contributed by atoms with van der Waals surface area (Å²) in [5, 5.41) is 0. The lowest BCUT2D eigenvalue weighted by Gasteiger charge is -2.20. The fourth-order valence-corrected chi connectivity index (χ4v) is 4.98. The Balaban J connectivity index is 1.99. The van der Waals surface area contributed by atoms with Crippen molar-refractivity contribution in [2.24, 2.45) is 5.92 Å². The first-order valence-electron chi connectivity index (χ1n) is 6.60. The summed E-state index contributed by atoms with van der Waals surface area (Å²) in [6, 6.07) is 1.30. The molecule has 0 aromatic carbocycles. The van der Waals surface area contributed by atoms with Gasteiger partial charge in [0.1, 0.15) is 4.88 Å². The Labute approximate surface area is 127 Å². The van der Waals surface area contributed by atoms with Crippen molar-refractivity contribution in [2.75, 3.05) is 6.61 Å². The van der Waals surface area contributed by atoms with Gasteiger partial charge in [-0.2, -0.15) is 0 Å². The van der Waals surface area contributed by atoms with E-state index < -0.39 is 15.0 Å². The third-order valence-corrected chi connectivity index (χ3v) is 6.12. The van der Waals surface area contributed by atoms with Crippen LogP contribution in [0, 0.1) is 12.8 Å². The van der Waals surface area contributed by atoms with Gasteiger partial charge in [-0.3, -0.25) is 0 Å². The molecule has 112 valence electrons. The average Bonchev–Trinajstić information content (AvgIpc) is 2.79. The van der Waals surface area contributed by atoms with Gasteiger partial charge in [-0.1, -0.05) is 19.3 Å². The summed E-state index contributed by atoms with van der Waals surface area (Å²) in [7, 11) is 1.50. The Bertz CT molecular complexity index is 586. The molecule has 0 aliphatic heterocycles. The number of hydrogen-bond acceptors (Lipinski definition) is 5.